The first kappa shape index (κ1) is 22.8. The van der Waals surface area contributed by atoms with E-state index in [0.29, 0.717) is 28.4 Å². The quantitative estimate of drug-likeness (QED) is 0.414. The van der Waals surface area contributed by atoms with Crippen molar-refractivity contribution in [1.82, 2.24) is 5.32 Å². The second-order valence-electron chi connectivity index (χ2n) is 6.69. The lowest BCUT2D eigenvalue weighted by Gasteiger charge is -2.27. The van der Waals surface area contributed by atoms with Gasteiger partial charge in [0.1, 0.15) is 18.1 Å². The van der Waals surface area contributed by atoms with Gasteiger partial charge in [-0.3, -0.25) is 10.7 Å². The van der Waals surface area contributed by atoms with Gasteiger partial charge in [0.05, 0.1) is 41.6 Å². The Morgan fingerprint density at radius 3 is 2.17 bits per heavy atom. The molecule has 2 aliphatic rings. The summed E-state index contributed by atoms with van der Waals surface area (Å²) < 4.78 is 21.0. The van der Waals surface area contributed by atoms with E-state index in [1.807, 2.05) is 0 Å². The summed E-state index contributed by atoms with van der Waals surface area (Å²) in [5.74, 6) is 2.81. The van der Waals surface area contributed by atoms with Gasteiger partial charge in [0.15, 0.2) is 11.5 Å². The number of carbonyl (C=O) groups is 1. The number of ether oxygens (including phenoxy) is 4. The van der Waals surface area contributed by atoms with Crippen LogP contribution in [0.15, 0.2) is 17.7 Å². The van der Waals surface area contributed by atoms with Gasteiger partial charge in [-0.05, 0) is 17.7 Å². The number of quaternary nitrogens is 1. The van der Waals surface area contributed by atoms with Crippen molar-refractivity contribution in [3.05, 3.63) is 28.7 Å². The number of likely N-dealkylation sites (N-methyl/N-ethyl adjacent to an activating group) is 1. The van der Waals surface area contributed by atoms with Gasteiger partial charge in [-0.1, -0.05) is 12.2 Å². The Hall–Kier alpha value is -2.45. The highest BCUT2D eigenvalue weighted by molar-refractivity contribution is 7.80. The molecule has 1 atom stereocenters. The van der Waals surface area contributed by atoms with Crippen LogP contribution >= 0.6 is 12.2 Å². The maximum Gasteiger partial charge on any atom is 0.225 e. The van der Waals surface area contributed by atoms with Gasteiger partial charge in [0, 0.05) is 17.9 Å². The third kappa shape index (κ3) is 5.77. The predicted molar refractivity (Wildman–Crippen MR) is 114 cm³/mol. The predicted octanol–water partition coefficient (Wildman–Crippen LogP) is 0.340. The van der Waals surface area contributed by atoms with Crippen molar-refractivity contribution in [1.29, 1.82) is 0 Å². The lowest BCUT2D eigenvalue weighted by molar-refractivity contribution is -0.888. The van der Waals surface area contributed by atoms with Crippen molar-refractivity contribution in [2.24, 2.45) is 0 Å². The summed E-state index contributed by atoms with van der Waals surface area (Å²) in [5, 5.41) is 11.8. The van der Waals surface area contributed by atoms with Gasteiger partial charge in [-0.25, -0.2) is 0 Å². The number of benzene rings is 1. The fourth-order valence-corrected chi connectivity index (χ4v) is 3.43. The smallest absolute Gasteiger partial charge is 0.225 e. The fourth-order valence-electron chi connectivity index (χ4n) is 3.13. The highest BCUT2D eigenvalue weighted by atomic mass is 32.1. The maximum atomic E-state index is 11.7. The minimum atomic E-state index is -0.431. The third-order valence-corrected chi connectivity index (χ3v) is 5.11. The first-order valence-electron chi connectivity index (χ1n) is 9.25. The zero-order chi connectivity index (χ0) is 21.4. The van der Waals surface area contributed by atoms with E-state index in [9.17, 15) is 10.2 Å². The number of hydrogen-bond acceptors (Lipinski definition) is 6. The van der Waals surface area contributed by atoms with Crippen LogP contribution in [-0.2, 0) is 9.53 Å². The average molecular weight is 422 g/mol. The first-order chi connectivity index (χ1) is 13.9. The van der Waals surface area contributed by atoms with E-state index in [1.54, 1.807) is 17.0 Å². The molecule has 0 radical (unpaired) electrons. The normalized spacial score (nSPS) is 19.4. The highest BCUT2D eigenvalue weighted by Crippen LogP contribution is 2.42. The Morgan fingerprint density at radius 1 is 1.17 bits per heavy atom. The van der Waals surface area contributed by atoms with Crippen LogP contribution in [0.5, 0.6) is 17.2 Å². The maximum absolute atomic E-state index is 11.7. The zero-order valence-electron chi connectivity index (χ0n) is 17.2. The summed E-state index contributed by atoms with van der Waals surface area (Å²) in [6, 6.07) is 3.45. The third-order valence-electron chi connectivity index (χ3n) is 4.79. The number of amides is 1. The molecule has 0 bridgehead atoms. The van der Waals surface area contributed by atoms with E-state index in [1.165, 1.54) is 34.4 Å². The van der Waals surface area contributed by atoms with Gasteiger partial charge in [-0.15, -0.1) is 0 Å². The molecule has 9 heteroatoms. The topological polar surface area (TPSA) is 92.8 Å². The SMILES string of the molecule is COc1cc(C2CC(=O)NC(=S)C2=C=[N-])cc(OC)c1OC.C[NH+]1CCOCC1. The van der Waals surface area contributed by atoms with E-state index in [0.717, 1.165) is 13.2 Å². The summed E-state index contributed by atoms with van der Waals surface area (Å²) in [7, 11) is 6.72. The second-order valence-corrected chi connectivity index (χ2v) is 7.10. The number of thiocarbonyl (C=S) groups is 1. The van der Waals surface area contributed by atoms with Crippen LogP contribution in [0.3, 0.4) is 0 Å². The minimum Gasteiger partial charge on any atom is -0.763 e. The second kappa shape index (κ2) is 10.9. The lowest BCUT2D eigenvalue weighted by Crippen LogP contribution is -3.11. The Morgan fingerprint density at radius 2 is 1.76 bits per heavy atom. The molecule has 2 aliphatic heterocycles. The van der Waals surface area contributed by atoms with Crippen molar-refractivity contribution in [3.8, 4) is 17.2 Å². The Balaban J connectivity index is 0.000000360. The molecule has 8 nitrogen and oxygen atoms in total. The Bertz CT molecular complexity index is 776. The Labute approximate surface area is 176 Å². The molecular formula is C20H27N3O5S. The van der Waals surface area contributed by atoms with Crippen molar-refractivity contribution < 1.29 is 28.6 Å². The van der Waals surface area contributed by atoms with E-state index < -0.39 is 5.92 Å². The van der Waals surface area contributed by atoms with Crippen LogP contribution in [0.1, 0.15) is 17.9 Å². The van der Waals surface area contributed by atoms with E-state index in [4.69, 9.17) is 31.2 Å². The van der Waals surface area contributed by atoms with Gasteiger partial charge >= 0.3 is 0 Å². The molecule has 2 N–H and O–H groups in total. The monoisotopic (exact) mass is 421 g/mol. The van der Waals surface area contributed by atoms with Crippen molar-refractivity contribution in [3.63, 3.8) is 0 Å². The first-order valence-corrected chi connectivity index (χ1v) is 9.66. The molecule has 158 valence electrons. The van der Waals surface area contributed by atoms with Crippen LogP contribution in [0.25, 0.3) is 5.41 Å². The molecule has 3 rings (SSSR count). The summed E-state index contributed by atoms with van der Waals surface area (Å²) >= 11 is 5.07. The molecule has 0 spiro atoms. The highest BCUT2D eigenvalue weighted by Gasteiger charge is 2.30. The molecule has 2 heterocycles. The summed E-state index contributed by atoms with van der Waals surface area (Å²) in [5.41, 5.74) is 1.06. The van der Waals surface area contributed by atoms with Crippen molar-refractivity contribution in [2.75, 3.05) is 54.7 Å². The molecule has 1 aromatic carbocycles. The van der Waals surface area contributed by atoms with E-state index in [-0.39, 0.29) is 17.3 Å². The molecule has 1 aromatic rings. The fraction of sp³-hybridized carbons (Fsp3) is 0.500. The van der Waals surface area contributed by atoms with Crippen molar-refractivity contribution in [2.45, 2.75) is 12.3 Å². The molecule has 0 saturated carbocycles. The molecule has 2 fully saturated rings. The van der Waals surface area contributed by atoms with Crippen LogP contribution in [0.4, 0.5) is 0 Å². The summed E-state index contributed by atoms with van der Waals surface area (Å²) in [4.78, 5) is 13.5. The van der Waals surface area contributed by atoms with Crippen LogP contribution < -0.4 is 24.4 Å². The number of piperidine rings is 1. The van der Waals surface area contributed by atoms with Crippen molar-refractivity contribution >= 4 is 29.0 Å². The molecule has 29 heavy (non-hydrogen) atoms. The van der Waals surface area contributed by atoms with Crippen LogP contribution in [0, 0.1) is 0 Å². The largest absolute Gasteiger partial charge is 0.763 e. The van der Waals surface area contributed by atoms with Gasteiger partial charge < -0.3 is 34.6 Å². The number of nitrogens with zero attached hydrogens (tertiary/aromatic N) is 1. The minimum absolute atomic E-state index is 0.141. The molecular weight excluding hydrogens is 394 g/mol. The average Bonchev–Trinajstić information content (AvgIpc) is 2.73. The van der Waals surface area contributed by atoms with Crippen LogP contribution in [-0.4, -0.2) is 71.4 Å². The number of hydrogen-bond donors (Lipinski definition) is 2. The standard InChI is InChI=1S/C15H15N2O4S.C5H11NO/c1-19-11-4-8(5-12(20-2)14(11)21-3)9-6-13(18)17-15(22)10(9)7-16;1-6-2-4-7-5-3-6/h4-5,9H,6H2,1-3H3,(H,17,18,22);2-5H2,1H3/q-1;/p+1. The van der Waals surface area contributed by atoms with E-state index in [2.05, 4.69) is 18.2 Å². The van der Waals surface area contributed by atoms with Crippen LogP contribution in [0.2, 0.25) is 0 Å². The number of morpholine rings is 1. The van der Waals surface area contributed by atoms with Gasteiger partial charge in [0.25, 0.3) is 0 Å². The van der Waals surface area contributed by atoms with E-state index >= 15 is 0 Å². The number of nitrogens with one attached hydrogen (secondary N) is 2. The Kier molecular flexibility index (Phi) is 8.60. The number of methoxy groups -OCH3 is 3. The molecule has 1 unspecified atom stereocenters. The van der Waals surface area contributed by atoms with Gasteiger partial charge in [-0.2, -0.15) is 0 Å². The van der Waals surface area contributed by atoms with Gasteiger partial charge in [0.2, 0.25) is 11.7 Å². The number of carbonyl (C=O) groups excluding carboxylic acids is 1. The molecule has 2 saturated heterocycles. The summed E-state index contributed by atoms with van der Waals surface area (Å²) in [6.07, 6.45) is 0.141. The lowest BCUT2D eigenvalue weighted by atomic mass is 9.85. The molecule has 1 amide bonds. The molecule has 0 aliphatic carbocycles. The zero-order valence-corrected chi connectivity index (χ0v) is 18.0. The molecule has 0 aromatic heterocycles. The number of rotatable bonds is 4. The summed E-state index contributed by atoms with van der Waals surface area (Å²) in [6.45, 7) is 4.26.